The van der Waals surface area contributed by atoms with Crippen LogP contribution in [0.2, 0.25) is 0 Å². The molecular formula is C17H18FNO2. The van der Waals surface area contributed by atoms with Crippen LogP contribution in [0.4, 0.5) is 4.39 Å². The monoisotopic (exact) mass is 287 g/mol. The number of hydrogen-bond donors (Lipinski definition) is 1. The second-order valence-corrected chi connectivity index (χ2v) is 4.72. The molecule has 0 unspecified atom stereocenters. The predicted octanol–water partition coefficient (Wildman–Crippen LogP) is 2.74. The number of nitrogens with one attached hydrogen (secondary N) is 1. The third-order valence-corrected chi connectivity index (χ3v) is 3.19. The van der Waals surface area contributed by atoms with E-state index >= 15 is 0 Å². The second kappa shape index (κ2) is 7.43. The number of amides is 1. The van der Waals surface area contributed by atoms with Crippen molar-refractivity contribution in [1.82, 2.24) is 5.32 Å². The number of carbonyl (C=O) groups excluding carboxylic acids is 1. The molecule has 0 heterocycles. The Morgan fingerprint density at radius 3 is 2.57 bits per heavy atom. The van der Waals surface area contributed by atoms with Crippen LogP contribution in [-0.4, -0.2) is 19.6 Å². The topological polar surface area (TPSA) is 38.3 Å². The molecule has 2 aromatic rings. The van der Waals surface area contributed by atoms with Gasteiger partial charge in [0.2, 0.25) is 5.91 Å². The van der Waals surface area contributed by atoms with Gasteiger partial charge in [-0.1, -0.05) is 30.3 Å². The molecule has 1 amide bonds. The zero-order valence-corrected chi connectivity index (χ0v) is 11.9. The highest BCUT2D eigenvalue weighted by Gasteiger charge is 2.07. The number of rotatable bonds is 6. The molecule has 0 radical (unpaired) electrons. The summed E-state index contributed by atoms with van der Waals surface area (Å²) in [6, 6.07) is 13.7. The van der Waals surface area contributed by atoms with E-state index in [1.807, 2.05) is 24.3 Å². The van der Waals surface area contributed by atoms with Crippen LogP contribution < -0.4 is 10.1 Å². The SMILES string of the molecule is COc1ccccc1CC(=O)NCCc1ccc(F)cc1. The van der Waals surface area contributed by atoms with E-state index in [-0.39, 0.29) is 18.1 Å². The van der Waals surface area contributed by atoms with Gasteiger partial charge >= 0.3 is 0 Å². The Balaban J connectivity index is 1.81. The molecule has 4 heteroatoms. The first-order chi connectivity index (χ1) is 10.2. The molecular weight excluding hydrogens is 269 g/mol. The molecule has 110 valence electrons. The van der Waals surface area contributed by atoms with Gasteiger partial charge in [-0.3, -0.25) is 4.79 Å². The van der Waals surface area contributed by atoms with Crippen LogP contribution in [0.15, 0.2) is 48.5 Å². The van der Waals surface area contributed by atoms with Crippen LogP contribution >= 0.6 is 0 Å². The largest absolute Gasteiger partial charge is 0.496 e. The minimum Gasteiger partial charge on any atom is -0.496 e. The number of carbonyl (C=O) groups is 1. The number of methoxy groups -OCH3 is 1. The summed E-state index contributed by atoms with van der Waals surface area (Å²) in [5.41, 5.74) is 1.85. The van der Waals surface area contributed by atoms with Gasteiger partial charge in [0.1, 0.15) is 11.6 Å². The molecule has 0 spiro atoms. The van der Waals surface area contributed by atoms with Gasteiger partial charge in [-0.15, -0.1) is 0 Å². The summed E-state index contributed by atoms with van der Waals surface area (Å²) in [5, 5.41) is 2.86. The van der Waals surface area contributed by atoms with Crippen LogP contribution in [0.5, 0.6) is 5.75 Å². The standard InChI is InChI=1S/C17H18FNO2/c1-21-16-5-3-2-4-14(16)12-17(20)19-11-10-13-6-8-15(18)9-7-13/h2-9H,10-12H2,1H3,(H,19,20). The molecule has 0 aromatic heterocycles. The molecule has 0 aliphatic rings. The van der Waals surface area contributed by atoms with Crippen molar-refractivity contribution in [2.75, 3.05) is 13.7 Å². The Morgan fingerprint density at radius 1 is 1.14 bits per heavy atom. The van der Waals surface area contributed by atoms with Crippen molar-refractivity contribution >= 4 is 5.91 Å². The Kier molecular flexibility index (Phi) is 5.32. The maximum absolute atomic E-state index is 12.8. The summed E-state index contributed by atoms with van der Waals surface area (Å²) in [4.78, 5) is 11.9. The number of para-hydroxylation sites is 1. The summed E-state index contributed by atoms with van der Waals surface area (Å²) < 4.78 is 18.0. The smallest absolute Gasteiger partial charge is 0.224 e. The molecule has 2 rings (SSSR count). The average molecular weight is 287 g/mol. The van der Waals surface area contributed by atoms with Crippen molar-refractivity contribution < 1.29 is 13.9 Å². The maximum atomic E-state index is 12.8. The van der Waals surface area contributed by atoms with Crippen LogP contribution in [0, 0.1) is 5.82 Å². The van der Waals surface area contributed by atoms with Crippen LogP contribution in [0.3, 0.4) is 0 Å². The lowest BCUT2D eigenvalue weighted by Gasteiger charge is -2.09. The van der Waals surface area contributed by atoms with E-state index in [0.29, 0.717) is 18.7 Å². The Bertz CT molecular complexity index is 596. The number of ether oxygens (including phenoxy) is 1. The zero-order chi connectivity index (χ0) is 15.1. The fraction of sp³-hybridized carbons (Fsp3) is 0.235. The number of halogens is 1. The summed E-state index contributed by atoms with van der Waals surface area (Å²) in [6.07, 6.45) is 0.964. The molecule has 1 N–H and O–H groups in total. The fourth-order valence-corrected chi connectivity index (χ4v) is 2.08. The molecule has 0 fully saturated rings. The second-order valence-electron chi connectivity index (χ2n) is 4.72. The quantitative estimate of drug-likeness (QED) is 0.887. The van der Waals surface area contributed by atoms with Crippen molar-refractivity contribution in [3.8, 4) is 5.75 Å². The van der Waals surface area contributed by atoms with E-state index in [0.717, 1.165) is 11.1 Å². The van der Waals surface area contributed by atoms with Gasteiger partial charge in [-0.2, -0.15) is 0 Å². The van der Waals surface area contributed by atoms with Gasteiger partial charge in [0.25, 0.3) is 0 Å². The summed E-state index contributed by atoms with van der Waals surface area (Å²) in [6.45, 7) is 0.527. The van der Waals surface area contributed by atoms with Crippen molar-refractivity contribution in [2.24, 2.45) is 0 Å². The third-order valence-electron chi connectivity index (χ3n) is 3.19. The Hall–Kier alpha value is -2.36. The van der Waals surface area contributed by atoms with Crippen molar-refractivity contribution in [1.29, 1.82) is 0 Å². The number of benzene rings is 2. The third kappa shape index (κ3) is 4.60. The number of hydrogen-bond acceptors (Lipinski definition) is 2. The molecule has 0 bridgehead atoms. The summed E-state index contributed by atoms with van der Waals surface area (Å²) in [7, 11) is 1.59. The lowest BCUT2D eigenvalue weighted by Crippen LogP contribution is -2.27. The molecule has 3 nitrogen and oxygen atoms in total. The predicted molar refractivity (Wildman–Crippen MR) is 79.8 cm³/mol. The van der Waals surface area contributed by atoms with E-state index in [1.54, 1.807) is 19.2 Å². The van der Waals surface area contributed by atoms with Gasteiger partial charge < -0.3 is 10.1 Å². The normalized spacial score (nSPS) is 10.2. The van der Waals surface area contributed by atoms with Crippen LogP contribution in [-0.2, 0) is 17.6 Å². The first-order valence-electron chi connectivity index (χ1n) is 6.82. The first kappa shape index (κ1) is 15.0. The van der Waals surface area contributed by atoms with Crippen molar-refractivity contribution in [3.05, 3.63) is 65.5 Å². The molecule has 0 aliphatic heterocycles. The Morgan fingerprint density at radius 2 is 1.86 bits per heavy atom. The van der Waals surface area contributed by atoms with E-state index in [4.69, 9.17) is 4.74 Å². The molecule has 0 aliphatic carbocycles. The lowest BCUT2D eigenvalue weighted by atomic mass is 10.1. The molecule has 0 saturated carbocycles. The molecule has 0 atom stereocenters. The van der Waals surface area contributed by atoms with E-state index < -0.39 is 0 Å². The van der Waals surface area contributed by atoms with Crippen LogP contribution in [0.25, 0.3) is 0 Å². The highest BCUT2D eigenvalue weighted by Crippen LogP contribution is 2.17. The summed E-state index contributed by atoms with van der Waals surface area (Å²) in [5.74, 6) is 0.409. The highest BCUT2D eigenvalue weighted by atomic mass is 19.1. The molecule has 0 saturated heterocycles. The van der Waals surface area contributed by atoms with Gasteiger partial charge in [0.15, 0.2) is 0 Å². The van der Waals surface area contributed by atoms with Crippen molar-refractivity contribution in [2.45, 2.75) is 12.8 Å². The Labute approximate surface area is 123 Å². The minimum absolute atomic E-state index is 0.0541. The fourth-order valence-electron chi connectivity index (χ4n) is 2.08. The van der Waals surface area contributed by atoms with Gasteiger partial charge in [-0.05, 0) is 30.2 Å². The van der Waals surface area contributed by atoms with Gasteiger partial charge in [0, 0.05) is 12.1 Å². The minimum atomic E-state index is -0.251. The molecule has 2 aromatic carbocycles. The van der Waals surface area contributed by atoms with Crippen LogP contribution in [0.1, 0.15) is 11.1 Å². The first-order valence-corrected chi connectivity index (χ1v) is 6.82. The zero-order valence-electron chi connectivity index (χ0n) is 11.9. The van der Waals surface area contributed by atoms with E-state index in [2.05, 4.69) is 5.32 Å². The molecule has 21 heavy (non-hydrogen) atoms. The lowest BCUT2D eigenvalue weighted by molar-refractivity contribution is -0.120. The van der Waals surface area contributed by atoms with Gasteiger partial charge in [-0.25, -0.2) is 4.39 Å². The highest BCUT2D eigenvalue weighted by molar-refractivity contribution is 5.79. The van der Waals surface area contributed by atoms with Gasteiger partial charge in [0.05, 0.1) is 13.5 Å². The van der Waals surface area contributed by atoms with E-state index in [1.165, 1.54) is 12.1 Å². The maximum Gasteiger partial charge on any atom is 0.224 e. The van der Waals surface area contributed by atoms with Crippen molar-refractivity contribution in [3.63, 3.8) is 0 Å². The average Bonchev–Trinajstić information content (AvgIpc) is 2.50. The summed E-state index contributed by atoms with van der Waals surface area (Å²) >= 11 is 0. The van der Waals surface area contributed by atoms with E-state index in [9.17, 15) is 9.18 Å².